The molecule has 0 unspecified atom stereocenters. The van der Waals surface area contributed by atoms with Crippen LogP contribution in [0.2, 0.25) is 0 Å². The first-order valence-electron chi connectivity index (χ1n) is 9.47. The number of nitrogens with zero attached hydrogens (tertiary/aromatic N) is 1. The Bertz CT molecular complexity index is 776. The highest BCUT2D eigenvalue weighted by Crippen LogP contribution is 2.25. The van der Waals surface area contributed by atoms with Crippen LogP contribution in [0.25, 0.3) is 0 Å². The molecule has 0 saturated carbocycles. The van der Waals surface area contributed by atoms with Crippen LogP contribution in [0.1, 0.15) is 25.3 Å². The van der Waals surface area contributed by atoms with Crippen molar-refractivity contribution in [1.82, 2.24) is 10.2 Å². The molecule has 0 aromatic heterocycles. The Balaban J connectivity index is 1.53. The summed E-state index contributed by atoms with van der Waals surface area (Å²) in [4.78, 5) is 25.7. The lowest BCUT2D eigenvalue weighted by molar-refractivity contribution is -0.133. The van der Waals surface area contributed by atoms with Gasteiger partial charge in [0, 0.05) is 26.6 Å². The van der Waals surface area contributed by atoms with Crippen molar-refractivity contribution in [3.05, 3.63) is 60.2 Å². The number of rotatable bonds is 6. The Kier molecular flexibility index (Phi) is 6.47. The standard InChI is InChI=1S/C22H26N2O3/c1-17(25)24-15-7-9-19(16-24)22(26)23-14-13-18-8-5-6-12-21(18)27-20-10-3-2-4-11-20/h2-6,8,10-12,19H,7,9,13-16H2,1H3,(H,23,26)/t19-/m0/s1. The lowest BCUT2D eigenvalue weighted by Crippen LogP contribution is -2.45. The first-order valence-corrected chi connectivity index (χ1v) is 9.47. The van der Waals surface area contributed by atoms with Crippen molar-refractivity contribution in [3.63, 3.8) is 0 Å². The number of carbonyl (C=O) groups is 2. The Labute approximate surface area is 160 Å². The Morgan fingerprint density at radius 1 is 1.11 bits per heavy atom. The molecule has 1 heterocycles. The third kappa shape index (κ3) is 5.33. The van der Waals surface area contributed by atoms with Gasteiger partial charge in [-0.1, -0.05) is 36.4 Å². The van der Waals surface area contributed by atoms with Gasteiger partial charge in [-0.25, -0.2) is 0 Å². The summed E-state index contributed by atoms with van der Waals surface area (Å²) in [5.41, 5.74) is 1.05. The maximum atomic E-state index is 12.5. The van der Waals surface area contributed by atoms with Crippen LogP contribution >= 0.6 is 0 Å². The molecule has 5 heteroatoms. The molecule has 1 saturated heterocycles. The SMILES string of the molecule is CC(=O)N1CCC[C@H](C(=O)NCCc2ccccc2Oc2ccccc2)C1. The highest BCUT2D eigenvalue weighted by Gasteiger charge is 2.26. The highest BCUT2D eigenvalue weighted by atomic mass is 16.5. The Morgan fingerprint density at radius 3 is 2.63 bits per heavy atom. The van der Waals surface area contributed by atoms with Gasteiger partial charge in [0.1, 0.15) is 11.5 Å². The van der Waals surface area contributed by atoms with Crippen molar-refractivity contribution in [3.8, 4) is 11.5 Å². The predicted octanol–water partition coefficient (Wildman–Crippen LogP) is 3.40. The van der Waals surface area contributed by atoms with E-state index in [1.807, 2.05) is 54.6 Å². The number of ether oxygens (including phenoxy) is 1. The van der Waals surface area contributed by atoms with Gasteiger partial charge in [0.05, 0.1) is 5.92 Å². The second-order valence-corrected chi connectivity index (χ2v) is 6.87. The number of nitrogens with one attached hydrogen (secondary N) is 1. The molecule has 0 radical (unpaired) electrons. The van der Waals surface area contributed by atoms with Crippen molar-refractivity contribution in [2.75, 3.05) is 19.6 Å². The maximum absolute atomic E-state index is 12.5. The number of carbonyl (C=O) groups excluding carboxylic acids is 2. The number of amides is 2. The largest absolute Gasteiger partial charge is 0.457 e. The van der Waals surface area contributed by atoms with Gasteiger partial charge in [0.25, 0.3) is 0 Å². The van der Waals surface area contributed by atoms with Crippen molar-refractivity contribution in [2.24, 2.45) is 5.92 Å². The lowest BCUT2D eigenvalue weighted by Gasteiger charge is -2.31. The zero-order chi connectivity index (χ0) is 19.1. The summed E-state index contributed by atoms with van der Waals surface area (Å²) in [5, 5.41) is 3.02. The average molecular weight is 366 g/mol. The third-order valence-corrected chi connectivity index (χ3v) is 4.87. The Morgan fingerprint density at radius 2 is 1.85 bits per heavy atom. The van der Waals surface area contributed by atoms with E-state index in [9.17, 15) is 9.59 Å². The van der Waals surface area contributed by atoms with Crippen LogP contribution in [0.5, 0.6) is 11.5 Å². The zero-order valence-corrected chi connectivity index (χ0v) is 15.7. The fourth-order valence-corrected chi connectivity index (χ4v) is 3.37. The van der Waals surface area contributed by atoms with Crippen LogP contribution in [-0.4, -0.2) is 36.3 Å². The van der Waals surface area contributed by atoms with Gasteiger partial charge in [-0.2, -0.15) is 0 Å². The summed E-state index contributed by atoms with van der Waals surface area (Å²) in [6, 6.07) is 17.5. The summed E-state index contributed by atoms with van der Waals surface area (Å²) in [7, 11) is 0. The third-order valence-electron chi connectivity index (χ3n) is 4.87. The molecule has 1 atom stereocenters. The quantitative estimate of drug-likeness (QED) is 0.852. The predicted molar refractivity (Wildman–Crippen MR) is 105 cm³/mol. The minimum Gasteiger partial charge on any atom is -0.457 e. The van der Waals surface area contributed by atoms with Gasteiger partial charge in [-0.15, -0.1) is 0 Å². The van der Waals surface area contributed by atoms with Crippen molar-refractivity contribution in [2.45, 2.75) is 26.2 Å². The van der Waals surface area contributed by atoms with Gasteiger partial charge in [0.15, 0.2) is 0 Å². The van der Waals surface area contributed by atoms with Crippen LogP contribution in [0.15, 0.2) is 54.6 Å². The van der Waals surface area contributed by atoms with Gasteiger partial charge < -0.3 is 15.0 Å². The summed E-state index contributed by atoms with van der Waals surface area (Å²) in [5.74, 6) is 1.55. The van der Waals surface area contributed by atoms with E-state index >= 15 is 0 Å². The first kappa shape index (κ1) is 19.0. The number of likely N-dealkylation sites (tertiary alicyclic amines) is 1. The van der Waals surface area contributed by atoms with Crippen molar-refractivity contribution < 1.29 is 14.3 Å². The number of hydrogen-bond acceptors (Lipinski definition) is 3. The summed E-state index contributed by atoms with van der Waals surface area (Å²) < 4.78 is 5.97. The van der Waals surface area contributed by atoms with Crippen LogP contribution in [0.4, 0.5) is 0 Å². The molecule has 2 amide bonds. The smallest absolute Gasteiger partial charge is 0.224 e. The molecule has 27 heavy (non-hydrogen) atoms. The second kappa shape index (κ2) is 9.21. The van der Waals surface area contributed by atoms with Crippen molar-refractivity contribution in [1.29, 1.82) is 0 Å². The monoisotopic (exact) mass is 366 g/mol. The van der Waals surface area contributed by atoms with Gasteiger partial charge in [-0.05, 0) is 43.0 Å². The van der Waals surface area contributed by atoms with Crippen molar-refractivity contribution >= 4 is 11.8 Å². The molecule has 3 rings (SSSR count). The van der Waals surface area contributed by atoms with Gasteiger partial charge in [0.2, 0.25) is 11.8 Å². The molecule has 142 valence electrons. The number of hydrogen-bond donors (Lipinski definition) is 1. The van der Waals surface area contributed by atoms with E-state index in [2.05, 4.69) is 5.32 Å². The number of benzene rings is 2. The fraction of sp³-hybridized carbons (Fsp3) is 0.364. The molecule has 1 aliphatic heterocycles. The maximum Gasteiger partial charge on any atom is 0.224 e. The first-order chi connectivity index (χ1) is 13.1. The normalized spacial score (nSPS) is 16.6. The summed E-state index contributed by atoms with van der Waals surface area (Å²) in [6.45, 7) is 3.38. The fourth-order valence-electron chi connectivity index (χ4n) is 3.37. The van der Waals surface area contributed by atoms with Gasteiger partial charge >= 0.3 is 0 Å². The molecule has 2 aromatic carbocycles. The number of piperidine rings is 1. The topological polar surface area (TPSA) is 58.6 Å². The van der Waals surface area contributed by atoms with E-state index in [1.54, 1.807) is 11.8 Å². The minimum atomic E-state index is -0.113. The molecule has 1 N–H and O–H groups in total. The molecule has 0 spiro atoms. The van der Waals surface area contributed by atoms with Crippen LogP contribution in [0.3, 0.4) is 0 Å². The van der Waals surface area contributed by atoms with Crippen LogP contribution in [-0.2, 0) is 16.0 Å². The Hall–Kier alpha value is -2.82. The van der Waals surface area contributed by atoms with E-state index in [0.717, 1.165) is 36.4 Å². The van der Waals surface area contributed by atoms with Crippen LogP contribution < -0.4 is 10.1 Å². The van der Waals surface area contributed by atoms with E-state index in [1.165, 1.54) is 0 Å². The average Bonchev–Trinajstić information content (AvgIpc) is 2.70. The molecule has 0 aliphatic carbocycles. The molecule has 2 aromatic rings. The van der Waals surface area contributed by atoms with Crippen LogP contribution in [0, 0.1) is 5.92 Å². The summed E-state index contributed by atoms with van der Waals surface area (Å²) in [6.07, 6.45) is 2.41. The molecular weight excluding hydrogens is 340 g/mol. The molecular formula is C22H26N2O3. The summed E-state index contributed by atoms with van der Waals surface area (Å²) >= 11 is 0. The number of para-hydroxylation sites is 2. The van der Waals surface area contributed by atoms with E-state index in [0.29, 0.717) is 19.5 Å². The molecule has 1 aliphatic rings. The molecule has 5 nitrogen and oxygen atoms in total. The highest BCUT2D eigenvalue weighted by molar-refractivity contribution is 5.80. The zero-order valence-electron chi connectivity index (χ0n) is 15.7. The van der Waals surface area contributed by atoms with Gasteiger partial charge in [-0.3, -0.25) is 9.59 Å². The molecule has 0 bridgehead atoms. The minimum absolute atomic E-state index is 0.0300. The molecule has 1 fully saturated rings. The van der Waals surface area contributed by atoms with E-state index in [-0.39, 0.29) is 17.7 Å². The lowest BCUT2D eigenvalue weighted by atomic mass is 9.97. The second-order valence-electron chi connectivity index (χ2n) is 6.87. The van der Waals surface area contributed by atoms with E-state index in [4.69, 9.17) is 4.74 Å². The van der Waals surface area contributed by atoms with E-state index < -0.39 is 0 Å².